The predicted octanol–water partition coefficient (Wildman–Crippen LogP) is 0.913. The second-order valence-corrected chi connectivity index (χ2v) is 7.88. The maximum atomic E-state index is 12.2. The third-order valence-corrected chi connectivity index (χ3v) is 5.97. The number of nitrogens with one attached hydrogen (secondary N) is 2. The fourth-order valence-corrected chi connectivity index (χ4v) is 4.45. The Balaban J connectivity index is 2.13. The Morgan fingerprint density at radius 1 is 1.35 bits per heavy atom. The molecular weight excluding hydrogens is 298 g/mol. The van der Waals surface area contributed by atoms with Crippen LogP contribution < -0.4 is 10.3 Å². The third-order valence-electron chi connectivity index (χ3n) is 3.51. The van der Waals surface area contributed by atoms with Gasteiger partial charge >= 0.3 is 0 Å². The van der Waals surface area contributed by atoms with Gasteiger partial charge in [0.2, 0.25) is 10.0 Å². The number of rotatable bonds is 3. The van der Waals surface area contributed by atoms with E-state index >= 15 is 0 Å². The van der Waals surface area contributed by atoms with Crippen LogP contribution in [0.4, 0.5) is 0 Å². The Morgan fingerprint density at radius 3 is 2.85 bits per heavy atom. The van der Waals surface area contributed by atoms with Gasteiger partial charge in [-0.05, 0) is 38.3 Å². The van der Waals surface area contributed by atoms with Gasteiger partial charge in [-0.1, -0.05) is 0 Å². The van der Waals surface area contributed by atoms with Gasteiger partial charge in [-0.3, -0.25) is 4.79 Å². The van der Waals surface area contributed by atoms with Crippen LogP contribution in [-0.2, 0) is 28.6 Å². The number of sulfonamides is 1. The lowest BCUT2D eigenvalue weighted by molar-refractivity contribution is 0.586. The molecule has 1 aliphatic rings. The van der Waals surface area contributed by atoms with Crippen molar-refractivity contribution in [2.24, 2.45) is 0 Å². The molecule has 0 amide bonds. The van der Waals surface area contributed by atoms with Crippen LogP contribution >= 0.6 is 11.3 Å². The Bertz CT molecular complexity index is 820. The summed E-state index contributed by atoms with van der Waals surface area (Å²) in [5.74, 6) is -0.118. The van der Waals surface area contributed by atoms with Crippen LogP contribution in [0, 0.1) is 0 Å². The van der Waals surface area contributed by atoms with Crippen molar-refractivity contribution in [1.29, 1.82) is 0 Å². The van der Waals surface area contributed by atoms with Crippen LogP contribution in [0.5, 0.6) is 0 Å². The lowest BCUT2D eigenvalue weighted by atomic mass is 9.97. The van der Waals surface area contributed by atoms with Crippen molar-refractivity contribution in [3.05, 3.63) is 26.6 Å². The molecule has 3 rings (SSSR count). The summed E-state index contributed by atoms with van der Waals surface area (Å²) < 4.78 is 25.3. The number of aromatic nitrogens is 2. The fourth-order valence-electron chi connectivity index (χ4n) is 2.53. The molecule has 2 aromatic heterocycles. The summed E-state index contributed by atoms with van der Waals surface area (Å²) in [5, 5.41) is 0.648. The zero-order chi connectivity index (χ0) is 14.3. The highest BCUT2D eigenvalue weighted by atomic mass is 32.2. The highest BCUT2D eigenvalue weighted by Gasteiger charge is 2.20. The van der Waals surface area contributed by atoms with Gasteiger partial charge in [-0.15, -0.1) is 11.3 Å². The van der Waals surface area contributed by atoms with E-state index in [-0.39, 0.29) is 17.1 Å². The molecule has 0 bridgehead atoms. The van der Waals surface area contributed by atoms with E-state index in [0.29, 0.717) is 10.2 Å². The Hall–Kier alpha value is -1.25. The number of thiophene rings is 1. The summed E-state index contributed by atoms with van der Waals surface area (Å²) in [5.41, 5.74) is 0.878. The molecule has 0 unspecified atom stereocenters. The molecule has 0 spiro atoms. The standard InChI is InChI=1S/C12H15N3O3S2/c1-13-20(17,18)6-9-14-11(16)10-7-4-2-3-5-8(7)19-12(10)15-9/h13H,2-6H2,1H3,(H,14,15,16). The summed E-state index contributed by atoms with van der Waals surface area (Å²) in [4.78, 5) is 21.0. The Labute approximate surface area is 120 Å². The first kappa shape index (κ1) is 13.7. The number of hydrogen-bond acceptors (Lipinski definition) is 5. The van der Waals surface area contributed by atoms with Gasteiger partial charge in [0.15, 0.2) is 0 Å². The molecule has 0 aliphatic heterocycles. The summed E-state index contributed by atoms with van der Waals surface area (Å²) in [6, 6.07) is 0. The molecular formula is C12H15N3O3S2. The summed E-state index contributed by atoms with van der Waals surface area (Å²) >= 11 is 1.52. The highest BCUT2D eigenvalue weighted by Crippen LogP contribution is 2.33. The van der Waals surface area contributed by atoms with E-state index in [2.05, 4.69) is 14.7 Å². The second kappa shape index (κ2) is 4.94. The summed E-state index contributed by atoms with van der Waals surface area (Å²) in [6.07, 6.45) is 4.13. The Morgan fingerprint density at radius 2 is 2.10 bits per heavy atom. The molecule has 108 valence electrons. The van der Waals surface area contributed by atoms with E-state index in [1.165, 1.54) is 23.3 Å². The first-order chi connectivity index (χ1) is 9.50. The maximum Gasteiger partial charge on any atom is 0.259 e. The van der Waals surface area contributed by atoms with Crippen molar-refractivity contribution < 1.29 is 8.42 Å². The van der Waals surface area contributed by atoms with Crippen LogP contribution in [0.1, 0.15) is 29.1 Å². The van der Waals surface area contributed by atoms with E-state index in [1.807, 2.05) is 0 Å². The van der Waals surface area contributed by atoms with Gasteiger partial charge in [0.05, 0.1) is 5.39 Å². The zero-order valence-electron chi connectivity index (χ0n) is 11.0. The SMILES string of the molecule is CNS(=O)(=O)Cc1nc2sc3c(c2c(=O)[nH]1)CCCC3. The Kier molecular flexibility index (Phi) is 3.39. The molecule has 0 aromatic carbocycles. The quantitative estimate of drug-likeness (QED) is 0.881. The first-order valence-corrected chi connectivity index (χ1v) is 8.92. The molecule has 1 aliphatic carbocycles. The number of nitrogens with zero attached hydrogens (tertiary/aromatic N) is 1. The average Bonchev–Trinajstić information content (AvgIpc) is 2.76. The first-order valence-electron chi connectivity index (χ1n) is 6.45. The van der Waals surface area contributed by atoms with Crippen molar-refractivity contribution in [3.8, 4) is 0 Å². The minimum atomic E-state index is -3.44. The van der Waals surface area contributed by atoms with Crippen LogP contribution in [0.25, 0.3) is 10.2 Å². The normalized spacial score (nSPS) is 15.4. The molecule has 2 N–H and O–H groups in total. The lowest BCUT2D eigenvalue weighted by Gasteiger charge is -2.09. The van der Waals surface area contributed by atoms with Crippen molar-refractivity contribution >= 4 is 31.6 Å². The largest absolute Gasteiger partial charge is 0.309 e. The highest BCUT2D eigenvalue weighted by molar-refractivity contribution is 7.88. The van der Waals surface area contributed by atoms with Gasteiger partial charge in [-0.25, -0.2) is 18.1 Å². The van der Waals surface area contributed by atoms with Crippen LogP contribution in [0.3, 0.4) is 0 Å². The monoisotopic (exact) mass is 313 g/mol. The van der Waals surface area contributed by atoms with E-state index in [1.54, 1.807) is 0 Å². The summed E-state index contributed by atoms with van der Waals surface area (Å²) in [6.45, 7) is 0. The number of aromatic amines is 1. The van der Waals surface area contributed by atoms with Gasteiger partial charge in [0.1, 0.15) is 16.4 Å². The van der Waals surface area contributed by atoms with E-state index < -0.39 is 10.0 Å². The molecule has 0 fully saturated rings. The van der Waals surface area contributed by atoms with Gasteiger partial charge < -0.3 is 4.98 Å². The maximum absolute atomic E-state index is 12.2. The molecule has 2 heterocycles. The number of fused-ring (bicyclic) bond motifs is 3. The number of aryl methyl sites for hydroxylation is 2. The molecule has 6 nitrogen and oxygen atoms in total. The molecule has 2 aromatic rings. The van der Waals surface area contributed by atoms with Crippen LogP contribution in [-0.4, -0.2) is 25.4 Å². The van der Waals surface area contributed by atoms with E-state index in [0.717, 1.165) is 31.2 Å². The zero-order valence-corrected chi connectivity index (χ0v) is 12.7. The minimum Gasteiger partial charge on any atom is -0.309 e. The minimum absolute atomic E-state index is 0.190. The molecule has 0 saturated heterocycles. The lowest BCUT2D eigenvalue weighted by Crippen LogP contribution is -2.23. The predicted molar refractivity (Wildman–Crippen MR) is 78.6 cm³/mol. The topological polar surface area (TPSA) is 91.9 Å². The molecule has 20 heavy (non-hydrogen) atoms. The van der Waals surface area contributed by atoms with Crippen LogP contribution in [0.15, 0.2) is 4.79 Å². The third kappa shape index (κ3) is 2.38. The molecule has 0 saturated carbocycles. The molecule has 8 heteroatoms. The molecule has 0 radical (unpaired) electrons. The number of hydrogen-bond donors (Lipinski definition) is 2. The van der Waals surface area contributed by atoms with Crippen molar-refractivity contribution in [3.63, 3.8) is 0 Å². The van der Waals surface area contributed by atoms with Gasteiger partial charge in [-0.2, -0.15) is 0 Å². The van der Waals surface area contributed by atoms with Crippen molar-refractivity contribution in [2.75, 3.05) is 7.05 Å². The average molecular weight is 313 g/mol. The van der Waals surface area contributed by atoms with Gasteiger partial charge in [0, 0.05) is 4.88 Å². The second-order valence-electron chi connectivity index (χ2n) is 4.87. The van der Waals surface area contributed by atoms with Crippen LogP contribution in [0.2, 0.25) is 0 Å². The number of H-pyrrole nitrogens is 1. The smallest absolute Gasteiger partial charge is 0.259 e. The van der Waals surface area contributed by atoms with E-state index in [4.69, 9.17) is 0 Å². The summed E-state index contributed by atoms with van der Waals surface area (Å²) in [7, 11) is -2.09. The van der Waals surface area contributed by atoms with Crippen molar-refractivity contribution in [2.45, 2.75) is 31.4 Å². The van der Waals surface area contributed by atoms with Crippen molar-refractivity contribution in [1.82, 2.24) is 14.7 Å². The van der Waals surface area contributed by atoms with Gasteiger partial charge in [0.25, 0.3) is 5.56 Å². The fraction of sp³-hybridized carbons (Fsp3) is 0.500. The molecule has 0 atom stereocenters. The van der Waals surface area contributed by atoms with E-state index in [9.17, 15) is 13.2 Å².